The van der Waals surface area contributed by atoms with Crippen LogP contribution in [0.3, 0.4) is 0 Å². The standard InChI is InChI=1S/C10H17N5O2S/c1-2-5-17-10-13-8(11)12-9(14-10)15-3-6-18(16)7-4-15/h2-7H2,1H3,(H2,11,12,13,14). The Morgan fingerprint density at radius 2 is 2.06 bits per heavy atom. The van der Waals surface area contributed by atoms with Gasteiger partial charge in [-0.15, -0.1) is 0 Å². The van der Waals surface area contributed by atoms with E-state index in [-0.39, 0.29) is 12.0 Å². The zero-order valence-electron chi connectivity index (χ0n) is 10.3. The van der Waals surface area contributed by atoms with Gasteiger partial charge in [0.05, 0.1) is 6.61 Å². The quantitative estimate of drug-likeness (QED) is 0.811. The second-order valence-corrected chi connectivity index (χ2v) is 5.66. The number of nitrogen functional groups attached to an aromatic ring is 1. The third-order valence-corrected chi connectivity index (χ3v) is 3.79. The maximum Gasteiger partial charge on any atom is 0.323 e. The van der Waals surface area contributed by atoms with E-state index in [4.69, 9.17) is 10.5 Å². The lowest BCUT2D eigenvalue weighted by atomic mass is 10.5. The van der Waals surface area contributed by atoms with Gasteiger partial charge in [-0.2, -0.15) is 15.0 Å². The first-order valence-electron chi connectivity index (χ1n) is 5.93. The molecule has 0 radical (unpaired) electrons. The van der Waals surface area contributed by atoms with Crippen molar-refractivity contribution < 1.29 is 8.95 Å². The van der Waals surface area contributed by atoms with Crippen LogP contribution in [0.5, 0.6) is 6.01 Å². The van der Waals surface area contributed by atoms with Crippen LogP contribution >= 0.6 is 0 Å². The van der Waals surface area contributed by atoms with E-state index < -0.39 is 10.8 Å². The largest absolute Gasteiger partial charge is 0.463 e. The summed E-state index contributed by atoms with van der Waals surface area (Å²) in [5, 5.41) is 0. The van der Waals surface area contributed by atoms with Gasteiger partial charge in [0, 0.05) is 35.4 Å². The van der Waals surface area contributed by atoms with Crippen molar-refractivity contribution in [1.29, 1.82) is 0 Å². The molecule has 0 amide bonds. The van der Waals surface area contributed by atoms with E-state index in [1.54, 1.807) is 0 Å². The highest BCUT2D eigenvalue weighted by Crippen LogP contribution is 2.15. The molecule has 8 heteroatoms. The van der Waals surface area contributed by atoms with Crippen LogP contribution in [0.2, 0.25) is 0 Å². The van der Waals surface area contributed by atoms with Gasteiger partial charge >= 0.3 is 6.01 Å². The lowest BCUT2D eigenvalue weighted by Crippen LogP contribution is -2.39. The molecule has 7 nitrogen and oxygen atoms in total. The van der Waals surface area contributed by atoms with Crippen molar-refractivity contribution in [3.05, 3.63) is 0 Å². The van der Waals surface area contributed by atoms with Crippen molar-refractivity contribution in [3.8, 4) is 6.01 Å². The molecule has 2 N–H and O–H groups in total. The summed E-state index contributed by atoms with van der Waals surface area (Å²) < 4.78 is 16.7. The zero-order valence-corrected chi connectivity index (χ0v) is 11.2. The Kier molecular flexibility index (Phi) is 4.29. The van der Waals surface area contributed by atoms with Gasteiger partial charge in [-0.05, 0) is 6.42 Å². The van der Waals surface area contributed by atoms with E-state index in [1.165, 1.54) is 0 Å². The molecule has 0 aromatic carbocycles. The molecule has 0 spiro atoms. The van der Waals surface area contributed by atoms with Crippen LogP contribution in [0.15, 0.2) is 0 Å². The highest BCUT2D eigenvalue weighted by atomic mass is 32.2. The van der Waals surface area contributed by atoms with E-state index in [9.17, 15) is 4.21 Å². The Morgan fingerprint density at radius 3 is 2.72 bits per heavy atom. The molecule has 2 rings (SSSR count). The second kappa shape index (κ2) is 5.94. The number of anilines is 2. The summed E-state index contributed by atoms with van der Waals surface area (Å²) in [7, 11) is -0.726. The van der Waals surface area contributed by atoms with Gasteiger partial charge in [-0.25, -0.2) is 0 Å². The van der Waals surface area contributed by atoms with Crippen molar-refractivity contribution >= 4 is 22.7 Å². The summed E-state index contributed by atoms with van der Waals surface area (Å²) in [4.78, 5) is 14.2. The molecule has 0 unspecified atom stereocenters. The van der Waals surface area contributed by atoms with Crippen molar-refractivity contribution in [3.63, 3.8) is 0 Å². The molecular weight excluding hydrogens is 254 g/mol. The first kappa shape index (κ1) is 13.0. The average Bonchev–Trinajstić information content (AvgIpc) is 2.36. The molecule has 1 fully saturated rings. The maximum atomic E-state index is 11.3. The highest BCUT2D eigenvalue weighted by Gasteiger charge is 2.19. The van der Waals surface area contributed by atoms with Gasteiger partial charge in [0.15, 0.2) is 0 Å². The highest BCUT2D eigenvalue weighted by molar-refractivity contribution is 7.85. The summed E-state index contributed by atoms with van der Waals surface area (Å²) >= 11 is 0. The molecule has 0 bridgehead atoms. The summed E-state index contributed by atoms with van der Waals surface area (Å²) in [6.07, 6.45) is 0.879. The van der Waals surface area contributed by atoms with Crippen LogP contribution in [0.1, 0.15) is 13.3 Å². The van der Waals surface area contributed by atoms with E-state index in [1.807, 2.05) is 11.8 Å². The van der Waals surface area contributed by atoms with Crippen molar-refractivity contribution in [1.82, 2.24) is 15.0 Å². The van der Waals surface area contributed by atoms with Crippen LogP contribution in [0.25, 0.3) is 0 Å². The van der Waals surface area contributed by atoms with Gasteiger partial charge in [-0.1, -0.05) is 6.92 Å². The van der Waals surface area contributed by atoms with E-state index in [0.717, 1.165) is 6.42 Å². The molecule has 0 atom stereocenters. The molecule has 1 aromatic heterocycles. The molecule has 1 saturated heterocycles. The predicted octanol–water partition coefficient (Wildman–Crippen LogP) is -0.189. The number of aromatic nitrogens is 3. The van der Waals surface area contributed by atoms with E-state index in [0.29, 0.717) is 37.2 Å². The van der Waals surface area contributed by atoms with Gasteiger partial charge in [-0.3, -0.25) is 4.21 Å². The number of nitrogens with zero attached hydrogens (tertiary/aromatic N) is 4. The Balaban J connectivity index is 2.11. The fourth-order valence-corrected chi connectivity index (χ4v) is 2.65. The van der Waals surface area contributed by atoms with Gasteiger partial charge in [0.25, 0.3) is 0 Å². The van der Waals surface area contributed by atoms with Crippen molar-refractivity contribution in [2.75, 3.05) is 41.8 Å². The minimum atomic E-state index is -0.726. The minimum Gasteiger partial charge on any atom is -0.463 e. The number of hydrogen-bond donors (Lipinski definition) is 1. The number of nitrogens with two attached hydrogens (primary N) is 1. The smallest absolute Gasteiger partial charge is 0.323 e. The molecule has 0 saturated carbocycles. The van der Waals surface area contributed by atoms with Crippen LogP contribution in [0.4, 0.5) is 11.9 Å². The Morgan fingerprint density at radius 1 is 1.33 bits per heavy atom. The molecule has 1 aliphatic heterocycles. The number of hydrogen-bond acceptors (Lipinski definition) is 7. The zero-order chi connectivity index (χ0) is 13.0. The summed E-state index contributed by atoms with van der Waals surface area (Å²) in [5.41, 5.74) is 5.64. The SMILES string of the molecule is CCCOc1nc(N)nc(N2CCS(=O)CC2)n1. The second-order valence-electron chi connectivity index (χ2n) is 3.96. The Bertz CT molecular complexity index is 432. The number of ether oxygens (including phenoxy) is 1. The molecule has 0 aliphatic carbocycles. The third kappa shape index (κ3) is 3.28. The molecule has 1 aliphatic rings. The van der Waals surface area contributed by atoms with Gasteiger partial charge in [0.1, 0.15) is 0 Å². The van der Waals surface area contributed by atoms with Crippen LogP contribution < -0.4 is 15.4 Å². The lowest BCUT2D eigenvalue weighted by Gasteiger charge is -2.26. The van der Waals surface area contributed by atoms with Crippen molar-refractivity contribution in [2.45, 2.75) is 13.3 Å². The van der Waals surface area contributed by atoms with Crippen LogP contribution in [-0.4, -0.2) is 50.4 Å². The van der Waals surface area contributed by atoms with E-state index in [2.05, 4.69) is 15.0 Å². The third-order valence-electron chi connectivity index (χ3n) is 2.52. The average molecular weight is 271 g/mol. The molecule has 1 aromatic rings. The molecular formula is C10H17N5O2S. The predicted molar refractivity (Wildman–Crippen MR) is 70.1 cm³/mol. The topological polar surface area (TPSA) is 94.2 Å². The first-order valence-corrected chi connectivity index (χ1v) is 7.42. The maximum absolute atomic E-state index is 11.3. The van der Waals surface area contributed by atoms with Gasteiger partial charge in [0.2, 0.25) is 11.9 Å². The minimum absolute atomic E-state index is 0.151. The summed E-state index contributed by atoms with van der Waals surface area (Å²) in [6, 6.07) is 0.256. The Hall–Kier alpha value is -1.44. The van der Waals surface area contributed by atoms with Crippen molar-refractivity contribution in [2.24, 2.45) is 0 Å². The monoisotopic (exact) mass is 271 g/mol. The Labute approximate surface area is 108 Å². The van der Waals surface area contributed by atoms with E-state index >= 15 is 0 Å². The fraction of sp³-hybridized carbons (Fsp3) is 0.700. The molecule has 2 heterocycles. The first-order chi connectivity index (χ1) is 8.69. The molecule has 100 valence electrons. The van der Waals surface area contributed by atoms with Crippen LogP contribution in [0, 0.1) is 0 Å². The van der Waals surface area contributed by atoms with Gasteiger partial charge < -0.3 is 15.4 Å². The normalized spacial score (nSPS) is 16.8. The fourth-order valence-electron chi connectivity index (χ4n) is 1.60. The van der Waals surface area contributed by atoms with Crippen LogP contribution in [-0.2, 0) is 10.8 Å². The summed E-state index contributed by atoms with van der Waals surface area (Å²) in [6.45, 7) is 3.89. The molecule has 18 heavy (non-hydrogen) atoms. The summed E-state index contributed by atoms with van der Waals surface area (Å²) in [5.74, 6) is 1.93. The lowest BCUT2D eigenvalue weighted by molar-refractivity contribution is 0.292. The number of rotatable bonds is 4.